The van der Waals surface area contributed by atoms with E-state index in [4.69, 9.17) is 13.9 Å². The van der Waals surface area contributed by atoms with E-state index in [1.807, 2.05) is 50.3 Å². The normalized spacial score (nSPS) is 14.7. The minimum absolute atomic E-state index is 0.386. The Labute approximate surface area is 216 Å². The fourth-order valence-corrected chi connectivity index (χ4v) is 4.09. The van der Waals surface area contributed by atoms with Crippen LogP contribution in [0.1, 0.15) is 25.8 Å². The highest BCUT2D eigenvalue weighted by Gasteiger charge is 2.25. The maximum atomic E-state index is 12.6. The van der Waals surface area contributed by atoms with E-state index in [1.54, 1.807) is 24.4 Å². The molecule has 1 aliphatic rings. The number of oxazole rings is 1. The van der Waals surface area contributed by atoms with E-state index >= 15 is 0 Å². The number of hydrogen-bond acceptors (Lipinski definition) is 6. The van der Waals surface area contributed by atoms with Gasteiger partial charge in [0.1, 0.15) is 11.5 Å². The van der Waals surface area contributed by atoms with Crippen LogP contribution in [0.4, 0.5) is 5.69 Å². The fourth-order valence-electron chi connectivity index (χ4n) is 4.09. The lowest BCUT2D eigenvalue weighted by atomic mass is 9.94. The second-order valence-electron chi connectivity index (χ2n) is 9.51. The van der Waals surface area contributed by atoms with Gasteiger partial charge in [-0.1, -0.05) is 36.4 Å². The van der Waals surface area contributed by atoms with Crippen LogP contribution in [0.3, 0.4) is 0 Å². The smallest absolute Gasteiger partial charge is 0.313 e. The molecule has 0 fully saturated rings. The minimum atomic E-state index is -0.766. The fraction of sp³-hybridized carbons (Fsp3) is 0.276. The maximum absolute atomic E-state index is 12.6. The van der Waals surface area contributed by atoms with Gasteiger partial charge >= 0.3 is 11.8 Å². The molecule has 1 unspecified atom stereocenters. The Morgan fingerprint density at radius 2 is 1.92 bits per heavy atom. The third kappa shape index (κ3) is 7.10. The van der Waals surface area contributed by atoms with Gasteiger partial charge in [0, 0.05) is 23.2 Å². The maximum Gasteiger partial charge on any atom is 0.313 e. The summed E-state index contributed by atoms with van der Waals surface area (Å²) in [4.78, 5) is 29.1. The van der Waals surface area contributed by atoms with Crippen LogP contribution in [0, 0.1) is 5.92 Å². The van der Waals surface area contributed by atoms with E-state index < -0.39 is 17.4 Å². The molecule has 0 saturated carbocycles. The largest absolute Gasteiger partial charge is 0.496 e. The molecule has 0 aliphatic heterocycles. The number of hydrogen-bond donors (Lipinski definition) is 2. The Hall–Kier alpha value is -4.33. The zero-order valence-electron chi connectivity index (χ0n) is 21.2. The summed E-state index contributed by atoms with van der Waals surface area (Å²) in [5, 5.41) is 5.44. The van der Waals surface area contributed by atoms with Crippen molar-refractivity contribution in [3.05, 3.63) is 84.9 Å². The lowest BCUT2D eigenvalue weighted by molar-refractivity contribution is -0.137. The molecule has 192 valence electrons. The van der Waals surface area contributed by atoms with E-state index in [0.29, 0.717) is 41.7 Å². The van der Waals surface area contributed by atoms with Gasteiger partial charge in [0.2, 0.25) is 0 Å². The van der Waals surface area contributed by atoms with Crippen molar-refractivity contribution in [1.82, 2.24) is 10.3 Å². The van der Waals surface area contributed by atoms with Crippen LogP contribution < -0.4 is 20.1 Å². The molecule has 1 atom stereocenters. The van der Waals surface area contributed by atoms with Gasteiger partial charge in [-0.05, 0) is 56.5 Å². The summed E-state index contributed by atoms with van der Waals surface area (Å²) in [7, 11) is 1.51. The van der Waals surface area contributed by atoms with Crippen molar-refractivity contribution in [2.24, 2.45) is 5.92 Å². The van der Waals surface area contributed by atoms with Crippen molar-refractivity contribution in [3.8, 4) is 22.8 Å². The summed E-state index contributed by atoms with van der Waals surface area (Å²) < 4.78 is 16.6. The summed E-state index contributed by atoms with van der Waals surface area (Å²) in [6.07, 6.45) is 12.8. The average molecular weight is 502 g/mol. The molecule has 4 rings (SSSR count). The van der Waals surface area contributed by atoms with Crippen molar-refractivity contribution in [1.29, 1.82) is 0 Å². The first-order chi connectivity index (χ1) is 17.8. The molecule has 0 spiro atoms. The highest BCUT2D eigenvalue weighted by molar-refractivity contribution is 6.39. The number of aromatic nitrogens is 1. The number of benzene rings is 2. The number of rotatable bonds is 9. The Morgan fingerprint density at radius 3 is 2.59 bits per heavy atom. The molecule has 1 aromatic heterocycles. The molecule has 37 heavy (non-hydrogen) atoms. The van der Waals surface area contributed by atoms with Gasteiger partial charge in [-0.3, -0.25) is 9.59 Å². The molecule has 1 aliphatic carbocycles. The summed E-state index contributed by atoms with van der Waals surface area (Å²) in [6.45, 7) is 4.38. The molecule has 1 heterocycles. The summed E-state index contributed by atoms with van der Waals surface area (Å²) in [5.74, 6) is 0.716. The summed E-state index contributed by atoms with van der Waals surface area (Å²) in [6, 6.07) is 12.8. The quantitative estimate of drug-likeness (QED) is 0.403. The van der Waals surface area contributed by atoms with E-state index in [-0.39, 0.29) is 0 Å². The Morgan fingerprint density at radius 1 is 1.11 bits per heavy atom. The zero-order valence-corrected chi connectivity index (χ0v) is 21.2. The first-order valence-corrected chi connectivity index (χ1v) is 12.1. The number of ether oxygens (including phenoxy) is 2. The van der Waals surface area contributed by atoms with Crippen LogP contribution in [-0.2, 0) is 16.0 Å². The number of carbonyl (C=O) groups is 2. The number of nitrogens with one attached hydrogen (secondary N) is 2. The molecular formula is C29H31N3O5. The number of carbonyl (C=O) groups excluding carboxylic acids is 2. The second kappa shape index (κ2) is 11.6. The first-order valence-electron chi connectivity index (χ1n) is 12.1. The summed E-state index contributed by atoms with van der Waals surface area (Å²) in [5.41, 5.74) is 1.48. The molecule has 2 amide bonds. The molecule has 8 heteroatoms. The van der Waals surface area contributed by atoms with Gasteiger partial charge < -0.3 is 24.5 Å². The third-order valence-corrected chi connectivity index (χ3v) is 5.92. The van der Waals surface area contributed by atoms with Gasteiger partial charge in [-0.25, -0.2) is 4.98 Å². The lowest BCUT2D eigenvalue weighted by Gasteiger charge is -2.26. The zero-order chi connectivity index (χ0) is 26.3. The molecule has 0 saturated heterocycles. The van der Waals surface area contributed by atoms with Crippen molar-refractivity contribution in [3.63, 3.8) is 0 Å². The van der Waals surface area contributed by atoms with Crippen molar-refractivity contribution in [2.45, 2.75) is 32.2 Å². The number of nitrogens with zero attached hydrogens (tertiary/aromatic N) is 1. The van der Waals surface area contributed by atoms with Crippen LogP contribution in [-0.4, -0.2) is 36.1 Å². The highest BCUT2D eigenvalue weighted by Crippen LogP contribution is 2.32. The predicted molar refractivity (Wildman–Crippen MR) is 141 cm³/mol. The van der Waals surface area contributed by atoms with Gasteiger partial charge in [-0.15, -0.1) is 0 Å². The standard InChI is InChI=1S/C29H31N3O5/c1-29(2,16-20-9-12-23(13-10-20)36-18-21-7-5-4-6-8-21)32-28(34)27(33)31-22-11-14-24(25(15-22)35-3)26-17-30-19-37-26/h4-7,9-15,17,19,21H,8,16,18H2,1-3H3,(H,31,33)(H,32,34). The second-order valence-corrected chi connectivity index (χ2v) is 9.51. The van der Waals surface area contributed by atoms with Gasteiger partial charge in [0.05, 0.1) is 25.5 Å². The monoisotopic (exact) mass is 501 g/mol. The molecule has 0 radical (unpaired) electrons. The number of amides is 2. The SMILES string of the molecule is COc1cc(NC(=O)C(=O)NC(C)(C)Cc2ccc(OCC3C=CC=CC3)cc2)ccc1-c1cnco1. The Balaban J connectivity index is 1.30. The van der Waals surface area contributed by atoms with E-state index in [9.17, 15) is 9.59 Å². The van der Waals surface area contributed by atoms with Crippen molar-refractivity contribution < 1.29 is 23.5 Å². The molecular weight excluding hydrogens is 470 g/mol. The van der Waals surface area contributed by atoms with Crippen LogP contribution in [0.15, 0.2) is 83.8 Å². The highest BCUT2D eigenvalue weighted by atomic mass is 16.5. The van der Waals surface area contributed by atoms with Gasteiger partial charge in [-0.2, -0.15) is 0 Å². The Kier molecular flexibility index (Phi) is 8.08. The third-order valence-electron chi connectivity index (χ3n) is 5.92. The molecule has 3 aromatic rings. The molecule has 0 bridgehead atoms. The van der Waals surface area contributed by atoms with Crippen LogP contribution in [0.25, 0.3) is 11.3 Å². The number of methoxy groups -OCH3 is 1. The number of anilines is 1. The number of allylic oxidation sites excluding steroid dienone is 3. The van der Waals surface area contributed by atoms with Crippen molar-refractivity contribution >= 4 is 17.5 Å². The van der Waals surface area contributed by atoms with E-state index in [1.165, 1.54) is 13.5 Å². The van der Waals surface area contributed by atoms with Crippen LogP contribution in [0.5, 0.6) is 11.5 Å². The summed E-state index contributed by atoms with van der Waals surface area (Å²) >= 11 is 0. The lowest BCUT2D eigenvalue weighted by Crippen LogP contribution is -2.49. The van der Waals surface area contributed by atoms with Crippen molar-refractivity contribution in [2.75, 3.05) is 19.0 Å². The van der Waals surface area contributed by atoms with E-state index in [2.05, 4.69) is 27.8 Å². The van der Waals surface area contributed by atoms with Crippen LogP contribution >= 0.6 is 0 Å². The van der Waals surface area contributed by atoms with Gasteiger partial charge in [0.25, 0.3) is 0 Å². The average Bonchev–Trinajstić information content (AvgIpc) is 3.43. The Bertz CT molecular complexity index is 1280. The molecule has 2 aromatic carbocycles. The minimum Gasteiger partial charge on any atom is -0.496 e. The van der Waals surface area contributed by atoms with Gasteiger partial charge in [0.15, 0.2) is 12.2 Å². The predicted octanol–water partition coefficient (Wildman–Crippen LogP) is 4.94. The molecule has 8 nitrogen and oxygen atoms in total. The van der Waals surface area contributed by atoms with Crippen LogP contribution in [0.2, 0.25) is 0 Å². The first kappa shape index (κ1) is 25.8. The van der Waals surface area contributed by atoms with E-state index in [0.717, 1.165) is 17.7 Å². The topological polar surface area (TPSA) is 103 Å². The molecule has 2 N–H and O–H groups in total.